The molecule has 1 amide bonds. The first kappa shape index (κ1) is 20.1. The third kappa shape index (κ3) is 5.62. The molecule has 144 valence electrons. The molecule has 2 rings (SSSR count). The van der Waals surface area contributed by atoms with Crippen LogP contribution in [-0.2, 0) is 9.53 Å². The quantitative estimate of drug-likeness (QED) is 0.789. The lowest BCUT2D eigenvalue weighted by Crippen LogP contribution is -2.48. The fraction of sp³-hybridized carbons (Fsp3) is 0.889. The molecule has 5 nitrogen and oxygen atoms in total. The molecule has 1 aliphatic carbocycles. The van der Waals surface area contributed by atoms with Crippen LogP contribution in [0.15, 0.2) is 0 Å². The number of halogens is 2. The zero-order valence-corrected chi connectivity index (χ0v) is 15.7. The second-order valence-electron chi connectivity index (χ2n) is 8.55. The van der Waals surface area contributed by atoms with Gasteiger partial charge in [0.05, 0.1) is 0 Å². The molecular weight excluding hydrogens is 330 g/mol. The van der Waals surface area contributed by atoms with Gasteiger partial charge in [-0.1, -0.05) is 0 Å². The molecule has 1 saturated carbocycles. The lowest BCUT2D eigenvalue weighted by Gasteiger charge is -2.35. The number of hydrogen-bond acceptors (Lipinski definition) is 4. The van der Waals surface area contributed by atoms with E-state index in [1.165, 1.54) is 6.92 Å². The number of hydrogen-bond donors (Lipinski definition) is 1. The summed E-state index contributed by atoms with van der Waals surface area (Å²) in [6.07, 6.45) is 1.38. The monoisotopic (exact) mass is 360 g/mol. The average molecular weight is 360 g/mol. The number of likely N-dealkylation sites (tertiary alicyclic amines) is 1. The van der Waals surface area contributed by atoms with E-state index < -0.39 is 23.0 Å². The number of ether oxygens (including phenoxy) is 1. The summed E-state index contributed by atoms with van der Waals surface area (Å²) >= 11 is 0. The maximum atomic E-state index is 13.5. The molecule has 0 bridgehead atoms. The van der Waals surface area contributed by atoms with E-state index in [0.29, 0.717) is 45.3 Å². The average Bonchev–Trinajstić information content (AvgIpc) is 2.97. The van der Waals surface area contributed by atoms with Gasteiger partial charge in [-0.25, -0.2) is 13.6 Å². The molecule has 2 aliphatic rings. The highest BCUT2D eigenvalue weighted by Gasteiger charge is 2.70. The van der Waals surface area contributed by atoms with Crippen molar-refractivity contribution in [2.24, 2.45) is 5.41 Å². The molecule has 1 spiro atoms. The summed E-state index contributed by atoms with van der Waals surface area (Å²) in [4.78, 5) is 25.4. The standard InChI is InChI=1S/C18H30F2N2O3/c1-13(23)5-6-14(21-15(24)25-16(2,3)4)11-22-9-7-17(8-10-22)12-18(17,19)20/h14H,5-12H2,1-4H3,(H,21,24)/t14-/m0/s1. The Hall–Kier alpha value is -1.24. The molecule has 0 aromatic heterocycles. The summed E-state index contributed by atoms with van der Waals surface area (Å²) in [5.74, 6) is -2.44. The Labute approximate surface area is 148 Å². The van der Waals surface area contributed by atoms with Gasteiger partial charge in [0.15, 0.2) is 0 Å². The van der Waals surface area contributed by atoms with Gasteiger partial charge in [-0.2, -0.15) is 0 Å². The number of nitrogens with one attached hydrogen (secondary N) is 1. The number of ketones is 1. The van der Waals surface area contributed by atoms with E-state index in [1.807, 2.05) is 0 Å². The molecule has 1 aliphatic heterocycles. The van der Waals surface area contributed by atoms with Gasteiger partial charge >= 0.3 is 6.09 Å². The predicted molar refractivity (Wildman–Crippen MR) is 90.7 cm³/mol. The van der Waals surface area contributed by atoms with E-state index in [-0.39, 0.29) is 18.2 Å². The zero-order chi connectivity index (χ0) is 18.9. The van der Waals surface area contributed by atoms with E-state index in [1.54, 1.807) is 20.8 Å². The maximum Gasteiger partial charge on any atom is 0.407 e. The van der Waals surface area contributed by atoms with Crippen molar-refractivity contribution in [2.45, 2.75) is 77.4 Å². The Balaban J connectivity index is 1.85. The molecule has 1 atom stereocenters. The molecule has 25 heavy (non-hydrogen) atoms. The van der Waals surface area contributed by atoms with E-state index in [2.05, 4.69) is 10.2 Å². The van der Waals surface area contributed by atoms with Crippen molar-refractivity contribution < 1.29 is 23.1 Å². The number of piperidine rings is 1. The van der Waals surface area contributed by atoms with Crippen LogP contribution in [0, 0.1) is 5.41 Å². The molecule has 0 unspecified atom stereocenters. The van der Waals surface area contributed by atoms with Gasteiger partial charge < -0.3 is 19.7 Å². The highest BCUT2D eigenvalue weighted by atomic mass is 19.3. The molecule has 0 radical (unpaired) electrons. The van der Waals surface area contributed by atoms with Crippen LogP contribution < -0.4 is 5.32 Å². The van der Waals surface area contributed by atoms with Crippen LogP contribution in [0.3, 0.4) is 0 Å². The van der Waals surface area contributed by atoms with Gasteiger partial charge in [-0.15, -0.1) is 0 Å². The largest absolute Gasteiger partial charge is 0.444 e. The predicted octanol–water partition coefficient (Wildman–Crippen LogP) is 3.37. The van der Waals surface area contributed by atoms with Crippen LogP contribution in [0.5, 0.6) is 0 Å². The summed E-state index contributed by atoms with van der Waals surface area (Å²) < 4.78 is 32.2. The smallest absolute Gasteiger partial charge is 0.407 e. The molecule has 0 aromatic carbocycles. The van der Waals surface area contributed by atoms with Crippen molar-refractivity contribution in [1.29, 1.82) is 0 Å². The van der Waals surface area contributed by atoms with E-state index in [4.69, 9.17) is 4.74 Å². The number of alkyl halides is 2. The van der Waals surface area contributed by atoms with Gasteiger partial charge in [-0.3, -0.25) is 0 Å². The minimum absolute atomic E-state index is 0.0117. The second kappa shape index (κ2) is 7.17. The molecular formula is C18H30F2N2O3. The summed E-state index contributed by atoms with van der Waals surface area (Å²) in [5, 5.41) is 2.83. The summed E-state index contributed by atoms with van der Waals surface area (Å²) in [7, 11) is 0. The summed E-state index contributed by atoms with van der Waals surface area (Å²) in [6.45, 7) is 8.63. The fourth-order valence-corrected chi connectivity index (χ4v) is 3.46. The normalized spacial score (nSPS) is 23.1. The Kier molecular flexibility index (Phi) is 5.76. The SMILES string of the molecule is CC(=O)CC[C@@H](CN1CCC2(CC1)CC2(F)F)NC(=O)OC(C)(C)C. The van der Waals surface area contributed by atoms with Crippen LogP contribution in [-0.4, -0.2) is 54.0 Å². The Morgan fingerprint density at radius 1 is 1.24 bits per heavy atom. The van der Waals surface area contributed by atoms with Crippen LogP contribution in [0.1, 0.15) is 59.8 Å². The number of rotatable bonds is 6. The van der Waals surface area contributed by atoms with Crippen molar-refractivity contribution in [3.05, 3.63) is 0 Å². The third-order valence-corrected chi connectivity index (χ3v) is 5.07. The number of carbonyl (C=O) groups is 2. The first-order chi connectivity index (χ1) is 11.4. The van der Waals surface area contributed by atoms with E-state index in [9.17, 15) is 18.4 Å². The lowest BCUT2D eigenvalue weighted by molar-refractivity contribution is -0.117. The van der Waals surface area contributed by atoms with E-state index in [0.717, 1.165) is 0 Å². The third-order valence-electron chi connectivity index (χ3n) is 5.07. The number of nitrogens with zero attached hydrogens (tertiary/aromatic N) is 1. The van der Waals surface area contributed by atoms with Gasteiger partial charge in [-0.05, 0) is 60.0 Å². The maximum absolute atomic E-state index is 13.5. The number of amides is 1. The first-order valence-corrected chi connectivity index (χ1v) is 9.02. The number of alkyl carbamates (subject to hydrolysis) is 1. The second-order valence-corrected chi connectivity index (χ2v) is 8.55. The Bertz CT molecular complexity index is 509. The van der Waals surface area contributed by atoms with Crippen molar-refractivity contribution in [3.63, 3.8) is 0 Å². The van der Waals surface area contributed by atoms with Gasteiger partial charge in [0.1, 0.15) is 11.4 Å². The lowest BCUT2D eigenvalue weighted by atomic mass is 9.92. The van der Waals surface area contributed by atoms with Crippen molar-refractivity contribution in [1.82, 2.24) is 10.2 Å². The van der Waals surface area contributed by atoms with Crippen LogP contribution >= 0.6 is 0 Å². The van der Waals surface area contributed by atoms with Crippen molar-refractivity contribution in [3.8, 4) is 0 Å². The minimum Gasteiger partial charge on any atom is -0.444 e. The van der Waals surface area contributed by atoms with Gasteiger partial charge in [0.25, 0.3) is 5.92 Å². The Morgan fingerprint density at radius 3 is 2.24 bits per heavy atom. The van der Waals surface area contributed by atoms with Crippen LogP contribution in [0.4, 0.5) is 13.6 Å². The molecule has 2 fully saturated rings. The highest BCUT2D eigenvalue weighted by molar-refractivity contribution is 5.75. The van der Waals surface area contributed by atoms with Crippen LogP contribution in [0.25, 0.3) is 0 Å². The molecule has 1 N–H and O–H groups in total. The fourth-order valence-electron chi connectivity index (χ4n) is 3.46. The molecule has 1 heterocycles. The topological polar surface area (TPSA) is 58.6 Å². The van der Waals surface area contributed by atoms with Crippen molar-refractivity contribution >= 4 is 11.9 Å². The molecule has 7 heteroatoms. The van der Waals surface area contributed by atoms with Crippen molar-refractivity contribution in [2.75, 3.05) is 19.6 Å². The molecule has 0 aromatic rings. The van der Waals surface area contributed by atoms with Gasteiger partial charge in [0.2, 0.25) is 0 Å². The Morgan fingerprint density at radius 2 is 1.80 bits per heavy atom. The summed E-state index contributed by atoms with van der Waals surface area (Å²) in [5.41, 5.74) is -1.37. The zero-order valence-electron chi connectivity index (χ0n) is 15.7. The minimum atomic E-state index is -2.50. The highest BCUT2D eigenvalue weighted by Crippen LogP contribution is 2.65. The van der Waals surface area contributed by atoms with Gasteiger partial charge in [0, 0.05) is 30.8 Å². The van der Waals surface area contributed by atoms with E-state index >= 15 is 0 Å². The first-order valence-electron chi connectivity index (χ1n) is 9.02. The number of carbonyl (C=O) groups excluding carboxylic acids is 2. The summed E-state index contributed by atoms with van der Waals surface area (Å²) in [6, 6.07) is -0.229. The molecule has 1 saturated heterocycles. The number of Topliss-reactive ketones (excluding diaryl/α,β-unsaturated/α-hetero) is 1. The van der Waals surface area contributed by atoms with Crippen LogP contribution in [0.2, 0.25) is 0 Å².